The molecule has 120 valence electrons. The van der Waals surface area contributed by atoms with Crippen molar-refractivity contribution in [2.75, 3.05) is 13.1 Å². The van der Waals surface area contributed by atoms with Crippen molar-refractivity contribution in [1.82, 2.24) is 20.0 Å². The van der Waals surface area contributed by atoms with E-state index in [4.69, 9.17) is 5.10 Å². The molecule has 4 nitrogen and oxygen atoms in total. The number of hydrogen-bond donors (Lipinski definition) is 1. The molecule has 4 heteroatoms. The summed E-state index contributed by atoms with van der Waals surface area (Å²) in [5.74, 6) is 0. The average molecular weight is 292 g/mol. The first-order valence-electron chi connectivity index (χ1n) is 8.63. The van der Waals surface area contributed by atoms with Crippen LogP contribution in [0.1, 0.15) is 65.1 Å². The van der Waals surface area contributed by atoms with Crippen LogP contribution < -0.4 is 5.32 Å². The number of likely N-dealkylation sites (tertiary alicyclic amines) is 1. The number of aromatic nitrogens is 2. The number of piperidine rings is 1. The lowest BCUT2D eigenvalue weighted by molar-refractivity contribution is 0.110. The predicted molar refractivity (Wildman–Crippen MR) is 88.4 cm³/mol. The van der Waals surface area contributed by atoms with Crippen molar-refractivity contribution in [1.29, 1.82) is 0 Å². The van der Waals surface area contributed by atoms with Crippen molar-refractivity contribution in [3.05, 3.63) is 18.0 Å². The highest BCUT2D eigenvalue weighted by molar-refractivity contribution is 5.01. The third-order valence-corrected chi connectivity index (χ3v) is 4.52. The van der Waals surface area contributed by atoms with E-state index in [0.717, 1.165) is 13.1 Å². The minimum absolute atomic E-state index is 0.445. The van der Waals surface area contributed by atoms with E-state index in [0.29, 0.717) is 18.1 Å². The summed E-state index contributed by atoms with van der Waals surface area (Å²) >= 11 is 0. The second kappa shape index (κ2) is 7.95. The zero-order valence-corrected chi connectivity index (χ0v) is 14.2. The van der Waals surface area contributed by atoms with Crippen molar-refractivity contribution in [2.24, 2.45) is 0 Å². The minimum Gasteiger partial charge on any atom is -0.313 e. The highest BCUT2D eigenvalue weighted by Crippen LogP contribution is 2.22. The maximum atomic E-state index is 4.71. The van der Waals surface area contributed by atoms with E-state index in [1.165, 1.54) is 37.9 Å². The Hall–Kier alpha value is -0.870. The molecule has 0 saturated carbocycles. The van der Waals surface area contributed by atoms with Gasteiger partial charge in [0.15, 0.2) is 0 Å². The monoisotopic (exact) mass is 292 g/mol. The molecule has 1 aromatic rings. The lowest BCUT2D eigenvalue weighted by Gasteiger charge is -2.39. The summed E-state index contributed by atoms with van der Waals surface area (Å²) in [5, 5.41) is 8.39. The van der Waals surface area contributed by atoms with E-state index >= 15 is 0 Å². The van der Waals surface area contributed by atoms with Gasteiger partial charge in [-0.2, -0.15) is 5.10 Å². The zero-order chi connectivity index (χ0) is 15.2. The lowest BCUT2D eigenvalue weighted by Crippen LogP contribution is -2.50. The first-order chi connectivity index (χ1) is 10.1. The SMILES string of the molecule is CCCNC(C)C1CCCCN1Cc1ccn(C(C)C)n1. The maximum Gasteiger partial charge on any atom is 0.0765 e. The van der Waals surface area contributed by atoms with Crippen LogP contribution in [0.3, 0.4) is 0 Å². The summed E-state index contributed by atoms with van der Waals surface area (Å²) in [7, 11) is 0. The van der Waals surface area contributed by atoms with Gasteiger partial charge in [0.2, 0.25) is 0 Å². The molecule has 0 amide bonds. The molecule has 0 aliphatic carbocycles. The van der Waals surface area contributed by atoms with Gasteiger partial charge >= 0.3 is 0 Å². The number of rotatable bonds is 7. The van der Waals surface area contributed by atoms with Gasteiger partial charge < -0.3 is 5.32 Å². The molecular weight excluding hydrogens is 260 g/mol. The number of nitrogens with one attached hydrogen (secondary N) is 1. The maximum absolute atomic E-state index is 4.71. The molecule has 2 heterocycles. The molecule has 2 rings (SSSR count). The molecule has 1 aliphatic rings. The lowest BCUT2D eigenvalue weighted by atomic mass is 9.96. The molecule has 2 atom stereocenters. The van der Waals surface area contributed by atoms with E-state index in [2.05, 4.69) is 54.9 Å². The average Bonchev–Trinajstić information content (AvgIpc) is 2.94. The van der Waals surface area contributed by atoms with Gasteiger partial charge in [-0.1, -0.05) is 13.3 Å². The predicted octanol–water partition coefficient (Wildman–Crippen LogP) is 3.21. The van der Waals surface area contributed by atoms with Crippen LogP contribution in [0.4, 0.5) is 0 Å². The Labute approximate surface area is 129 Å². The summed E-state index contributed by atoms with van der Waals surface area (Å²) < 4.78 is 2.06. The summed E-state index contributed by atoms with van der Waals surface area (Å²) in [6.07, 6.45) is 7.30. The fourth-order valence-corrected chi connectivity index (χ4v) is 3.24. The molecule has 0 aromatic carbocycles. The molecule has 2 unspecified atom stereocenters. The molecule has 0 spiro atoms. The molecule has 1 saturated heterocycles. The second-order valence-electron chi connectivity index (χ2n) is 6.66. The topological polar surface area (TPSA) is 33.1 Å². The zero-order valence-electron chi connectivity index (χ0n) is 14.2. The molecule has 1 aliphatic heterocycles. The normalized spacial score (nSPS) is 21.9. The van der Waals surface area contributed by atoms with Crippen LogP contribution in [0.15, 0.2) is 12.3 Å². The second-order valence-corrected chi connectivity index (χ2v) is 6.66. The van der Waals surface area contributed by atoms with Gasteiger partial charge in [0, 0.05) is 30.9 Å². The summed E-state index contributed by atoms with van der Waals surface area (Å²) in [6, 6.07) is 3.84. The number of nitrogens with zero attached hydrogens (tertiary/aromatic N) is 3. The van der Waals surface area contributed by atoms with Gasteiger partial charge in [-0.05, 0) is 59.2 Å². The molecular formula is C17H32N4. The summed E-state index contributed by atoms with van der Waals surface area (Å²) in [4.78, 5) is 2.63. The Bertz CT molecular complexity index is 413. The van der Waals surface area contributed by atoms with Crippen LogP contribution in [-0.2, 0) is 6.54 Å². The fraction of sp³-hybridized carbons (Fsp3) is 0.824. The Morgan fingerprint density at radius 2 is 2.14 bits per heavy atom. The van der Waals surface area contributed by atoms with E-state index in [1.54, 1.807) is 0 Å². The molecule has 1 fully saturated rings. The van der Waals surface area contributed by atoms with Crippen LogP contribution in [-0.4, -0.2) is 39.9 Å². The molecule has 21 heavy (non-hydrogen) atoms. The van der Waals surface area contributed by atoms with Crippen molar-refractivity contribution >= 4 is 0 Å². The molecule has 1 aromatic heterocycles. The van der Waals surface area contributed by atoms with Gasteiger partial charge in [0.1, 0.15) is 0 Å². The fourth-order valence-electron chi connectivity index (χ4n) is 3.24. The van der Waals surface area contributed by atoms with E-state index < -0.39 is 0 Å². The van der Waals surface area contributed by atoms with Crippen LogP contribution in [0.5, 0.6) is 0 Å². The molecule has 0 radical (unpaired) electrons. The van der Waals surface area contributed by atoms with E-state index in [-0.39, 0.29) is 0 Å². The van der Waals surface area contributed by atoms with Crippen molar-refractivity contribution < 1.29 is 0 Å². The van der Waals surface area contributed by atoms with Crippen LogP contribution in [0.25, 0.3) is 0 Å². The standard InChI is InChI=1S/C17H32N4/c1-5-10-18-15(4)17-8-6-7-11-20(17)13-16-9-12-21(19-16)14(2)3/h9,12,14-15,17-18H,5-8,10-11,13H2,1-4H3. The third-order valence-electron chi connectivity index (χ3n) is 4.52. The van der Waals surface area contributed by atoms with Crippen LogP contribution >= 0.6 is 0 Å². The Balaban J connectivity index is 1.97. The first kappa shape index (κ1) is 16.5. The van der Waals surface area contributed by atoms with Crippen molar-refractivity contribution in [3.63, 3.8) is 0 Å². The highest BCUT2D eigenvalue weighted by Gasteiger charge is 2.27. The van der Waals surface area contributed by atoms with E-state index in [1.807, 2.05) is 0 Å². The number of hydrogen-bond acceptors (Lipinski definition) is 3. The summed E-state index contributed by atoms with van der Waals surface area (Å²) in [6.45, 7) is 12.2. The van der Waals surface area contributed by atoms with Gasteiger partial charge in [0.05, 0.1) is 5.69 Å². The molecule has 1 N–H and O–H groups in total. The van der Waals surface area contributed by atoms with Crippen LogP contribution in [0, 0.1) is 0 Å². The van der Waals surface area contributed by atoms with Gasteiger partial charge in [0.25, 0.3) is 0 Å². The van der Waals surface area contributed by atoms with E-state index in [9.17, 15) is 0 Å². The van der Waals surface area contributed by atoms with Gasteiger partial charge in [-0.25, -0.2) is 0 Å². The molecule has 0 bridgehead atoms. The van der Waals surface area contributed by atoms with Crippen molar-refractivity contribution in [3.8, 4) is 0 Å². The largest absolute Gasteiger partial charge is 0.313 e. The van der Waals surface area contributed by atoms with Crippen molar-refractivity contribution in [2.45, 2.75) is 78.0 Å². The smallest absolute Gasteiger partial charge is 0.0765 e. The first-order valence-corrected chi connectivity index (χ1v) is 8.63. The Kier molecular flexibility index (Phi) is 6.24. The minimum atomic E-state index is 0.445. The van der Waals surface area contributed by atoms with Gasteiger partial charge in [-0.3, -0.25) is 9.58 Å². The Morgan fingerprint density at radius 1 is 1.33 bits per heavy atom. The highest BCUT2D eigenvalue weighted by atomic mass is 15.3. The van der Waals surface area contributed by atoms with Gasteiger partial charge in [-0.15, -0.1) is 0 Å². The quantitative estimate of drug-likeness (QED) is 0.838. The summed E-state index contributed by atoms with van der Waals surface area (Å²) in [5.41, 5.74) is 1.21. The van der Waals surface area contributed by atoms with Crippen LogP contribution in [0.2, 0.25) is 0 Å². The Morgan fingerprint density at radius 3 is 2.81 bits per heavy atom. The third kappa shape index (κ3) is 4.55.